The number of hydrogen-bond acceptors (Lipinski definition) is 1. The van der Waals surface area contributed by atoms with Gasteiger partial charge in [-0.25, -0.2) is 0 Å². The van der Waals surface area contributed by atoms with Crippen LogP contribution in [0.2, 0.25) is 0 Å². The van der Waals surface area contributed by atoms with Crippen molar-refractivity contribution in [3.8, 4) is 0 Å². The molecule has 0 fully saturated rings. The molecule has 0 aliphatic heterocycles. The fourth-order valence-electron chi connectivity index (χ4n) is 1.18. The number of fused-ring (bicyclic) bond motifs is 1. The van der Waals surface area contributed by atoms with Crippen LogP contribution in [0.1, 0.15) is 0 Å². The first-order valence-corrected chi connectivity index (χ1v) is 4.41. The van der Waals surface area contributed by atoms with Crippen molar-refractivity contribution in [1.29, 1.82) is 0 Å². The van der Waals surface area contributed by atoms with Crippen LogP contribution in [0.15, 0.2) is 24.7 Å². The molecule has 0 saturated heterocycles. The van der Waals surface area contributed by atoms with Crippen molar-refractivity contribution in [3.63, 3.8) is 0 Å². The lowest BCUT2D eigenvalue weighted by atomic mass is 10.3. The van der Waals surface area contributed by atoms with Gasteiger partial charge in [0.1, 0.15) is 0 Å². The minimum absolute atomic E-state index is 1.19. The maximum absolute atomic E-state index is 4.06. The van der Waals surface area contributed by atoms with E-state index in [1.807, 2.05) is 25.5 Å². The molecule has 0 bridgehead atoms. The molecule has 0 aliphatic rings. The van der Waals surface area contributed by atoms with Gasteiger partial charge in [-0.15, -0.1) is 0 Å². The van der Waals surface area contributed by atoms with Crippen LogP contribution in [0.5, 0.6) is 0 Å². The Kier molecular flexibility index (Phi) is 1.60. The minimum atomic E-state index is 1.19. The Morgan fingerprint density at radius 1 is 1.55 bits per heavy atom. The van der Waals surface area contributed by atoms with Crippen molar-refractivity contribution in [1.82, 2.24) is 9.55 Å². The van der Waals surface area contributed by atoms with Gasteiger partial charge >= 0.3 is 0 Å². The molecule has 11 heavy (non-hydrogen) atoms. The molecule has 2 heterocycles. The number of halogens is 1. The fourth-order valence-corrected chi connectivity index (χ4v) is 2.05. The topological polar surface area (TPSA) is 17.8 Å². The molecule has 2 aromatic heterocycles. The normalized spacial score (nSPS) is 10.7. The summed E-state index contributed by atoms with van der Waals surface area (Å²) in [6.07, 6.45) is 5.81. The molecule has 0 aliphatic carbocycles. The predicted molar refractivity (Wildman–Crippen MR) is 53.4 cm³/mol. The highest BCUT2D eigenvalue weighted by atomic mass is 127. The lowest BCUT2D eigenvalue weighted by molar-refractivity contribution is 0.962. The van der Waals surface area contributed by atoms with Crippen LogP contribution < -0.4 is 0 Å². The summed E-state index contributed by atoms with van der Waals surface area (Å²) in [5, 5.41) is 1.28. The van der Waals surface area contributed by atoms with Crippen LogP contribution in [-0.4, -0.2) is 9.55 Å². The van der Waals surface area contributed by atoms with Gasteiger partial charge in [0.2, 0.25) is 0 Å². The van der Waals surface area contributed by atoms with Crippen LogP contribution >= 0.6 is 22.6 Å². The van der Waals surface area contributed by atoms with Crippen LogP contribution in [0.25, 0.3) is 10.9 Å². The number of aryl methyl sites for hydroxylation is 1. The van der Waals surface area contributed by atoms with Crippen molar-refractivity contribution in [2.75, 3.05) is 0 Å². The van der Waals surface area contributed by atoms with Gasteiger partial charge in [0.05, 0.1) is 11.7 Å². The largest absolute Gasteiger partial charge is 0.348 e. The Morgan fingerprint density at radius 2 is 2.36 bits per heavy atom. The smallest absolute Gasteiger partial charge is 0.0675 e. The predicted octanol–water partition coefficient (Wildman–Crippen LogP) is 2.18. The third-order valence-electron chi connectivity index (χ3n) is 1.74. The van der Waals surface area contributed by atoms with E-state index >= 15 is 0 Å². The molecule has 2 rings (SSSR count). The number of nitrogens with zero attached hydrogens (tertiary/aromatic N) is 2. The molecular weight excluding hydrogens is 251 g/mol. The second kappa shape index (κ2) is 2.48. The molecule has 0 amide bonds. The zero-order chi connectivity index (χ0) is 7.84. The van der Waals surface area contributed by atoms with Crippen molar-refractivity contribution >= 4 is 33.5 Å². The second-order valence-electron chi connectivity index (χ2n) is 2.48. The van der Waals surface area contributed by atoms with E-state index in [-0.39, 0.29) is 0 Å². The van der Waals surface area contributed by atoms with Crippen LogP contribution in [-0.2, 0) is 7.05 Å². The average molecular weight is 258 g/mol. The maximum Gasteiger partial charge on any atom is 0.0675 e. The Balaban J connectivity index is 2.95. The van der Waals surface area contributed by atoms with Crippen molar-refractivity contribution in [2.45, 2.75) is 0 Å². The first kappa shape index (κ1) is 7.09. The molecule has 0 unspecified atom stereocenters. The zero-order valence-electron chi connectivity index (χ0n) is 6.08. The molecule has 56 valence electrons. The van der Waals surface area contributed by atoms with Gasteiger partial charge in [-0.3, -0.25) is 4.98 Å². The first-order chi connectivity index (χ1) is 5.29. The Bertz CT molecular complexity index is 356. The monoisotopic (exact) mass is 258 g/mol. The van der Waals surface area contributed by atoms with E-state index in [0.717, 1.165) is 0 Å². The fraction of sp³-hybridized carbons (Fsp3) is 0.125. The Labute approximate surface area is 78.4 Å². The van der Waals surface area contributed by atoms with Crippen molar-refractivity contribution in [3.05, 3.63) is 28.2 Å². The summed E-state index contributed by atoms with van der Waals surface area (Å²) < 4.78 is 3.37. The van der Waals surface area contributed by atoms with E-state index < -0.39 is 0 Å². The standard InChI is InChI=1S/C8H7IN2/c1-11-5-7(9)6-2-3-10-4-8(6)11/h2-5H,1H3. The minimum Gasteiger partial charge on any atom is -0.348 e. The third kappa shape index (κ3) is 1.03. The molecule has 2 aromatic rings. The summed E-state index contributed by atoms with van der Waals surface area (Å²) in [5.74, 6) is 0. The lowest BCUT2D eigenvalue weighted by Gasteiger charge is -1.91. The van der Waals surface area contributed by atoms with Crippen LogP contribution in [0.4, 0.5) is 0 Å². The van der Waals surface area contributed by atoms with E-state index in [4.69, 9.17) is 0 Å². The van der Waals surface area contributed by atoms with Gasteiger partial charge in [0.25, 0.3) is 0 Å². The molecule has 0 aromatic carbocycles. The molecule has 2 nitrogen and oxygen atoms in total. The molecular formula is C8H7IN2. The van der Waals surface area contributed by atoms with Crippen LogP contribution in [0.3, 0.4) is 0 Å². The Morgan fingerprint density at radius 3 is 3.09 bits per heavy atom. The summed E-state index contributed by atoms with van der Waals surface area (Å²) in [4.78, 5) is 4.06. The first-order valence-electron chi connectivity index (χ1n) is 3.33. The van der Waals surface area contributed by atoms with E-state index in [1.165, 1.54) is 14.5 Å². The SMILES string of the molecule is Cn1cc(I)c2ccncc21. The molecule has 0 N–H and O–H groups in total. The van der Waals surface area contributed by atoms with E-state index in [9.17, 15) is 0 Å². The molecule has 3 heteroatoms. The maximum atomic E-state index is 4.06. The highest BCUT2D eigenvalue weighted by Gasteiger charge is 2.01. The van der Waals surface area contributed by atoms with Gasteiger partial charge in [0.15, 0.2) is 0 Å². The van der Waals surface area contributed by atoms with Gasteiger partial charge in [-0.1, -0.05) is 0 Å². The third-order valence-corrected chi connectivity index (χ3v) is 2.60. The average Bonchev–Trinajstić information content (AvgIpc) is 2.30. The number of aromatic nitrogens is 2. The Hall–Kier alpha value is -0.580. The van der Waals surface area contributed by atoms with E-state index in [1.54, 1.807) is 0 Å². The zero-order valence-corrected chi connectivity index (χ0v) is 8.24. The lowest BCUT2D eigenvalue weighted by Crippen LogP contribution is -1.83. The van der Waals surface area contributed by atoms with E-state index in [0.29, 0.717) is 0 Å². The van der Waals surface area contributed by atoms with Gasteiger partial charge < -0.3 is 4.57 Å². The molecule has 0 saturated carbocycles. The summed E-state index contributed by atoms with van der Waals surface area (Å²) >= 11 is 2.33. The highest BCUT2D eigenvalue weighted by molar-refractivity contribution is 14.1. The van der Waals surface area contributed by atoms with Gasteiger partial charge in [-0.2, -0.15) is 0 Å². The molecule has 0 radical (unpaired) electrons. The summed E-state index contributed by atoms with van der Waals surface area (Å²) in [7, 11) is 2.03. The quantitative estimate of drug-likeness (QED) is 0.662. The van der Waals surface area contributed by atoms with Crippen molar-refractivity contribution in [2.24, 2.45) is 7.05 Å². The molecule has 0 atom stereocenters. The highest BCUT2D eigenvalue weighted by Crippen LogP contribution is 2.20. The summed E-state index contributed by atoms with van der Waals surface area (Å²) in [6.45, 7) is 0. The number of rotatable bonds is 0. The van der Waals surface area contributed by atoms with Gasteiger partial charge in [-0.05, 0) is 28.7 Å². The second-order valence-corrected chi connectivity index (χ2v) is 3.64. The number of hydrogen-bond donors (Lipinski definition) is 0. The van der Waals surface area contributed by atoms with E-state index in [2.05, 4.69) is 38.3 Å². The van der Waals surface area contributed by atoms with Gasteiger partial charge in [0, 0.05) is 28.4 Å². The number of pyridine rings is 1. The summed E-state index contributed by atoms with van der Waals surface area (Å²) in [5.41, 5.74) is 1.19. The van der Waals surface area contributed by atoms with Crippen LogP contribution in [0, 0.1) is 3.57 Å². The molecule has 0 spiro atoms. The van der Waals surface area contributed by atoms with Crippen molar-refractivity contribution < 1.29 is 0 Å². The summed E-state index contributed by atoms with van der Waals surface area (Å²) in [6, 6.07) is 2.04.